The number of anilines is 1. The fraction of sp³-hybridized carbons (Fsp3) is 0.316. The van der Waals surface area contributed by atoms with E-state index in [1.807, 2.05) is 6.92 Å². The number of rotatable bonds is 2. The van der Waals surface area contributed by atoms with Crippen LogP contribution in [0, 0.1) is 6.92 Å². The molecule has 3 nitrogen and oxygen atoms in total. The van der Waals surface area contributed by atoms with Gasteiger partial charge < -0.3 is 5.32 Å². The molecule has 0 spiro atoms. The SMILES string of the molecule is Cc1csc(-c2nn(-c3cccc(C(F)(F)F)c3)c3c2CCCCN3)c1. The smallest absolute Gasteiger partial charge is 0.370 e. The molecule has 0 saturated carbocycles. The minimum atomic E-state index is -4.37. The van der Waals surface area contributed by atoms with E-state index in [9.17, 15) is 13.2 Å². The lowest BCUT2D eigenvalue weighted by Crippen LogP contribution is -2.09. The molecule has 0 aliphatic carbocycles. The standard InChI is InChI=1S/C19H18F3N3S/c1-12-9-16(26-11-12)17-15-7-2-3-8-23-18(15)25(24-17)14-6-4-5-13(10-14)19(20,21)22/h4-6,9-11,23H,2-3,7-8H2,1H3. The van der Waals surface area contributed by atoms with E-state index in [0.29, 0.717) is 5.69 Å². The van der Waals surface area contributed by atoms with Crippen molar-refractivity contribution in [1.29, 1.82) is 0 Å². The number of nitrogens with zero attached hydrogens (tertiary/aromatic N) is 2. The fourth-order valence-corrected chi connectivity index (χ4v) is 4.17. The Balaban J connectivity index is 1.88. The summed E-state index contributed by atoms with van der Waals surface area (Å²) < 4.78 is 41.0. The highest BCUT2D eigenvalue weighted by Gasteiger charge is 2.31. The summed E-state index contributed by atoms with van der Waals surface area (Å²) in [6.07, 6.45) is -1.44. The Morgan fingerprint density at radius 3 is 2.77 bits per heavy atom. The predicted molar refractivity (Wildman–Crippen MR) is 98.0 cm³/mol. The number of thiophene rings is 1. The minimum absolute atomic E-state index is 0.421. The van der Waals surface area contributed by atoms with Crippen LogP contribution in [0.1, 0.15) is 29.5 Å². The molecule has 0 unspecified atom stereocenters. The second kappa shape index (κ2) is 6.46. The molecule has 1 aromatic carbocycles. The van der Waals surface area contributed by atoms with Gasteiger partial charge in [0.05, 0.1) is 16.1 Å². The first-order valence-corrected chi connectivity index (χ1v) is 9.40. The Morgan fingerprint density at radius 2 is 2.04 bits per heavy atom. The average molecular weight is 377 g/mol. The van der Waals surface area contributed by atoms with Gasteiger partial charge in [0.1, 0.15) is 11.5 Å². The fourth-order valence-electron chi connectivity index (χ4n) is 3.26. The summed E-state index contributed by atoms with van der Waals surface area (Å²) in [5.74, 6) is 0.808. The molecule has 26 heavy (non-hydrogen) atoms. The van der Waals surface area contributed by atoms with Gasteiger partial charge in [0.2, 0.25) is 0 Å². The number of alkyl halides is 3. The Morgan fingerprint density at radius 1 is 1.19 bits per heavy atom. The van der Waals surface area contributed by atoms with Gasteiger partial charge >= 0.3 is 6.18 Å². The summed E-state index contributed by atoms with van der Waals surface area (Å²) in [4.78, 5) is 1.05. The van der Waals surface area contributed by atoms with Crippen molar-refractivity contribution in [3.05, 3.63) is 52.4 Å². The van der Waals surface area contributed by atoms with E-state index >= 15 is 0 Å². The van der Waals surface area contributed by atoms with E-state index in [0.717, 1.165) is 65.5 Å². The lowest BCUT2D eigenvalue weighted by atomic mass is 10.1. The first-order chi connectivity index (χ1) is 12.4. The van der Waals surface area contributed by atoms with Crippen LogP contribution in [0.5, 0.6) is 0 Å². The number of aryl methyl sites for hydroxylation is 1. The van der Waals surface area contributed by atoms with Gasteiger partial charge in [-0.15, -0.1) is 11.3 Å². The van der Waals surface area contributed by atoms with Crippen molar-refractivity contribution in [2.75, 3.05) is 11.9 Å². The lowest BCUT2D eigenvalue weighted by molar-refractivity contribution is -0.137. The molecule has 0 atom stereocenters. The van der Waals surface area contributed by atoms with E-state index in [4.69, 9.17) is 5.10 Å². The van der Waals surface area contributed by atoms with Gasteiger partial charge in [-0.3, -0.25) is 0 Å². The molecule has 1 aliphatic rings. The van der Waals surface area contributed by atoms with E-state index in [-0.39, 0.29) is 0 Å². The molecule has 4 rings (SSSR count). The quantitative estimate of drug-likeness (QED) is 0.623. The number of benzene rings is 1. The zero-order valence-corrected chi connectivity index (χ0v) is 15.0. The largest absolute Gasteiger partial charge is 0.416 e. The summed E-state index contributed by atoms with van der Waals surface area (Å²) in [6.45, 7) is 2.82. The van der Waals surface area contributed by atoms with Crippen molar-refractivity contribution in [3.8, 4) is 16.3 Å². The number of fused-ring (bicyclic) bond motifs is 1. The zero-order valence-electron chi connectivity index (χ0n) is 14.2. The maximum absolute atomic E-state index is 13.1. The van der Waals surface area contributed by atoms with Gasteiger partial charge in [-0.1, -0.05) is 6.07 Å². The molecule has 0 amide bonds. The van der Waals surface area contributed by atoms with Crippen molar-refractivity contribution in [2.45, 2.75) is 32.4 Å². The van der Waals surface area contributed by atoms with Crippen LogP contribution in [0.2, 0.25) is 0 Å². The highest BCUT2D eigenvalue weighted by atomic mass is 32.1. The predicted octanol–water partition coefficient (Wildman–Crippen LogP) is 5.68. The number of halogens is 3. The average Bonchev–Trinajstić information content (AvgIpc) is 3.10. The van der Waals surface area contributed by atoms with E-state index in [1.54, 1.807) is 22.1 Å². The van der Waals surface area contributed by atoms with Crippen LogP contribution in [0.3, 0.4) is 0 Å². The van der Waals surface area contributed by atoms with Gasteiger partial charge in [0.25, 0.3) is 0 Å². The lowest BCUT2D eigenvalue weighted by Gasteiger charge is -2.12. The Hall–Kier alpha value is -2.28. The first kappa shape index (κ1) is 17.1. The molecule has 0 fully saturated rings. The summed E-state index contributed by atoms with van der Waals surface area (Å²) in [6, 6.07) is 7.41. The maximum Gasteiger partial charge on any atom is 0.416 e. The van der Waals surface area contributed by atoms with Gasteiger partial charge in [-0.25, -0.2) is 4.68 Å². The first-order valence-electron chi connectivity index (χ1n) is 8.52. The van der Waals surface area contributed by atoms with Crippen molar-refractivity contribution < 1.29 is 13.2 Å². The maximum atomic E-state index is 13.1. The van der Waals surface area contributed by atoms with Crippen LogP contribution in [0.25, 0.3) is 16.3 Å². The van der Waals surface area contributed by atoms with E-state index < -0.39 is 11.7 Å². The van der Waals surface area contributed by atoms with Crippen LogP contribution in [0.4, 0.5) is 19.0 Å². The molecule has 2 aromatic heterocycles. The second-order valence-corrected chi connectivity index (χ2v) is 7.42. The molecule has 3 heterocycles. The normalized spacial score (nSPS) is 14.6. The van der Waals surface area contributed by atoms with Crippen LogP contribution >= 0.6 is 11.3 Å². The molecule has 3 aromatic rings. The summed E-state index contributed by atoms with van der Waals surface area (Å²) in [5, 5.41) is 10.1. The third-order valence-corrected chi connectivity index (χ3v) is 5.57. The molecular weight excluding hydrogens is 359 g/mol. The second-order valence-electron chi connectivity index (χ2n) is 6.51. The molecule has 0 radical (unpaired) electrons. The number of hydrogen-bond acceptors (Lipinski definition) is 3. The number of hydrogen-bond donors (Lipinski definition) is 1. The molecule has 0 bridgehead atoms. The highest BCUT2D eigenvalue weighted by Crippen LogP contribution is 2.37. The highest BCUT2D eigenvalue weighted by molar-refractivity contribution is 7.13. The van der Waals surface area contributed by atoms with Gasteiger partial charge in [0, 0.05) is 12.1 Å². The Kier molecular flexibility index (Phi) is 4.26. The summed E-state index contributed by atoms with van der Waals surface area (Å²) in [7, 11) is 0. The molecule has 136 valence electrons. The molecule has 7 heteroatoms. The monoisotopic (exact) mass is 377 g/mol. The van der Waals surface area contributed by atoms with Crippen LogP contribution in [0.15, 0.2) is 35.7 Å². The van der Waals surface area contributed by atoms with Crippen molar-refractivity contribution in [3.63, 3.8) is 0 Å². The van der Waals surface area contributed by atoms with E-state index in [1.165, 1.54) is 6.07 Å². The van der Waals surface area contributed by atoms with Crippen LogP contribution < -0.4 is 5.32 Å². The third kappa shape index (κ3) is 3.11. The zero-order chi connectivity index (χ0) is 18.3. The molecule has 1 N–H and O–H groups in total. The van der Waals surface area contributed by atoms with Crippen molar-refractivity contribution in [1.82, 2.24) is 9.78 Å². The summed E-state index contributed by atoms with van der Waals surface area (Å²) in [5.41, 5.74) is 2.87. The molecular formula is C19H18F3N3S. The summed E-state index contributed by atoms with van der Waals surface area (Å²) >= 11 is 1.61. The Labute approximate surface area is 153 Å². The van der Waals surface area contributed by atoms with Gasteiger partial charge in [-0.2, -0.15) is 18.3 Å². The van der Waals surface area contributed by atoms with E-state index in [2.05, 4.69) is 16.8 Å². The van der Waals surface area contributed by atoms with Gasteiger partial charge in [0.15, 0.2) is 0 Å². The van der Waals surface area contributed by atoms with Crippen LogP contribution in [-0.4, -0.2) is 16.3 Å². The Bertz CT molecular complexity index is 940. The van der Waals surface area contributed by atoms with Gasteiger partial charge in [-0.05, 0) is 61.4 Å². The number of nitrogens with one attached hydrogen (secondary N) is 1. The van der Waals surface area contributed by atoms with Crippen molar-refractivity contribution in [2.24, 2.45) is 0 Å². The van der Waals surface area contributed by atoms with Crippen LogP contribution in [-0.2, 0) is 12.6 Å². The third-order valence-electron chi connectivity index (χ3n) is 4.51. The number of aromatic nitrogens is 2. The molecule has 1 aliphatic heterocycles. The topological polar surface area (TPSA) is 29.9 Å². The minimum Gasteiger partial charge on any atom is -0.370 e. The molecule has 0 saturated heterocycles. The van der Waals surface area contributed by atoms with Crippen molar-refractivity contribution >= 4 is 17.2 Å².